The second-order valence-electron chi connectivity index (χ2n) is 8.60. The smallest absolute Gasteiger partial charge is 0.416 e. The maximum Gasteiger partial charge on any atom is 0.416 e. The molecule has 0 saturated heterocycles. The number of methoxy groups -OCH3 is 1. The van der Waals surface area contributed by atoms with Gasteiger partial charge in [-0.3, -0.25) is 4.79 Å². The van der Waals surface area contributed by atoms with Crippen LogP contribution in [0.5, 0.6) is 5.75 Å². The molecule has 194 valence electrons. The topological polar surface area (TPSA) is 64.9 Å². The summed E-state index contributed by atoms with van der Waals surface area (Å²) in [6, 6.07) is 18.3. The fourth-order valence-corrected chi connectivity index (χ4v) is 4.14. The molecule has 1 atom stereocenters. The molecule has 1 unspecified atom stereocenters. The average Bonchev–Trinajstić information content (AvgIpc) is 3.33. The standard InChI is InChI=1S/C28H28F3N3O3/c1-36-15-7-13-32-26(35)17-23(21-10-5-11-22(16-21)28(29,30)31)24-18-33-27-25(12-6-14-34(24)27)37-19-20-8-3-2-4-9-20/h2-6,8-12,14,16,18,23H,7,13,15,17,19H2,1H3,(H,32,35). The summed E-state index contributed by atoms with van der Waals surface area (Å²) in [7, 11) is 1.58. The highest BCUT2D eigenvalue weighted by Gasteiger charge is 2.32. The summed E-state index contributed by atoms with van der Waals surface area (Å²) in [6.07, 6.45) is -0.551. The van der Waals surface area contributed by atoms with Crippen molar-refractivity contribution in [2.75, 3.05) is 20.3 Å². The number of ether oxygens (including phenoxy) is 2. The van der Waals surface area contributed by atoms with E-state index in [1.807, 2.05) is 30.3 Å². The lowest BCUT2D eigenvalue weighted by atomic mass is 9.91. The molecular formula is C28H28F3N3O3. The van der Waals surface area contributed by atoms with Crippen molar-refractivity contribution in [2.45, 2.75) is 31.5 Å². The number of nitrogens with one attached hydrogen (secondary N) is 1. The number of pyridine rings is 1. The van der Waals surface area contributed by atoms with Crippen LogP contribution >= 0.6 is 0 Å². The number of imidazole rings is 1. The number of fused-ring (bicyclic) bond motifs is 1. The monoisotopic (exact) mass is 511 g/mol. The second-order valence-corrected chi connectivity index (χ2v) is 8.60. The molecule has 2 aromatic carbocycles. The number of rotatable bonds is 11. The van der Waals surface area contributed by atoms with Crippen molar-refractivity contribution in [3.8, 4) is 5.75 Å². The summed E-state index contributed by atoms with van der Waals surface area (Å²) in [5.74, 6) is -0.404. The first-order valence-electron chi connectivity index (χ1n) is 11.9. The Bertz CT molecular complexity index is 1320. The molecule has 4 aromatic rings. The number of carbonyl (C=O) groups excluding carboxylic acids is 1. The molecule has 2 aromatic heterocycles. The summed E-state index contributed by atoms with van der Waals surface area (Å²) in [5, 5.41) is 2.83. The van der Waals surface area contributed by atoms with Crippen molar-refractivity contribution in [1.82, 2.24) is 14.7 Å². The van der Waals surface area contributed by atoms with Crippen LogP contribution in [-0.4, -0.2) is 35.6 Å². The highest BCUT2D eigenvalue weighted by atomic mass is 19.4. The van der Waals surface area contributed by atoms with Crippen LogP contribution in [0, 0.1) is 0 Å². The molecule has 1 amide bonds. The van der Waals surface area contributed by atoms with Crippen LogP contribution in [0.3, 0.4) is 0 Å². The minimum Gasteiger partial charge on any atom is -0.485 e. The molecule has 1 N–H and O–H groups in total. The highest BCUT2D eigenvalue weighted by molar-refractivity contribution is 5.77. The molecule has 0 spiro atoms. The van der Waals surface area contributed by atoms with E-state index < -0.39 is 17.7 Å². The van der Waals surface area contributed by atoms with Gasteiger partial charge in [0.05, 0.1) is 11.3 Å². The Morgan fingerprint density at radius 2 is 1.89 bits per heavy atom. The molecule has 9 heteroatoms. The number of hydrogen-bond acceptors (Lipinski definition) is 4. The summed E-state index contributed by atoms with van der Waals surface area (Å²) < 4.78 is 53.2. The SMILES string of the molecule is COCCCNC(=O)CC(c1cccc(C(F)(F)F)c1)c1cnc2c(OCc3ccccc3)cccn12. The maximum absolute atomic E-state index is 13.5. The number of halogens is 3. The fourth-order valence-electron chi connectivity index (χ4n) is 4.14. The first kappa shape index (κ1) is 26.2. The Kier molecular flexibility index (Phi) is 8.45. The van der Waals surface area contributed by atoms with Gasteiger partial charge in [0.2, 0.25) is 5.91 Å². The van der Waals surface area contributed by atoms with Gasteiger partial charge in [0, 0.05) is 45.0 Å². The molecule has 0 fully saturated rings. The van der Waals surface area contributed by atoms with Crippen LogP contribution < -0.4 is 10.1 Å². The first-order valence-corrected chi connectivity index (χ1v) is 11.9. The summed E-state index contributed by atoms with van der Waals surface area (Å²) in [5.41, 5.74) is 1.70. The molecule has 0 radical (unpaired) electrons. The van der Waals surface area contributed by atoms with Crippen LogP contribution in [0.15, 0.2) is 79.1 Å². The van der Waals surface area contributed by atoms with Crippen LogP contribution in [0.25, 0.3) is 5.65 Å². The van der Waals surface area contributed by atoms with Crippen molar-refractivity contribution in [3.63, 3.8) is 0 Å². The zero-order chi connectivity index (χ0) is 26.3. The molecule has 0 aliphatic rings. The predicted octanol–water partition coefficient (Wildman–Crippen LogP) is 5.61. The van der Waals surface area contributed by atoms with Crippen LogP contribution in [0.1, 0.15) is 41.1 Å². The minimum absolute atomic E-state index is 0.0445. The van der Waals surface area contributed by atoms with Crippen molar-refractivity contribution in [1.29, 1.82) is 0 Å². The molecule has 6 nitrogen and oxygen atoms in total. The molecule has 0 bridgehead atoms. The third kappa shape index (κ3) is 6.68. The van der Waals surface area contributed by atoms with Gasteiger partial charge in [-0.25, -0.2) is 4.98 Å². The number of nitrogens with zero attached hydrogens (tertiary/aromatic N) is 2. The van der Waals surface area contributed by atoms with Gasteiger partial charge in [-0.2, -0.15) is 13.2 Å². The Balaban J connectivity index is 1.66. The van der Waals surface area contributed by atoms with E-state index in [-0.39, 0.29) is 12.3 Å². The lowest BCUT2D eigenvalue weighted by molar-refractivity contribution is -0.137. The van der Waals surface area contributed by atoms with E-state index in [2.05, 4.69) is 10.3 Å². The highest BCUT2D eigenvalue weighted by Crippen LogP contribution is 2.35. The van der Waals surface area contributed by atoms with Gasteiger partial charge in [0.15, 0.2) is 11.4 Å². The summed E-state index contributed by atoms with van der Waals surface area (Å²) in [6.45, 7) is 1.24. The van der Waals surface area contributed by atoms with Crippen molar-refractivity contribution < 1.29 is 27.4 Å². The maximum atomic E-state index is 13.5. The van der Waals surface area contributed by atoms with E-state index in [4.69, 9.17) is 9.47 Å². The van der Waals surface area contributed by atoms with E-state index in [0.717, 1.165) is 17.7 Å². The van der Waals surface area contributed by atoms with Gasteiger partial charge in [0.1, 0.15) is 6.61 Å². The van der Waals surface area contributed by atoms with Gasteiger partial charge in [0.25, 0.3) is 0 Å². The van der Waals surface area contributed by atoms with Crippen LogP contribution in [0.2, 0.25) is 0 Å². The van der Waals surface area contributed by atoms with Gasteiger partial charge in [-0.05, 0) is 35.7 Å². The number of amides is 1. The Hall–Kier alpha value is -3.85. The third-order valence-electron chi connectivity index (χ3n) is 5.98. The zero-order valence-corrected chi connectivity index (χ0v) is 20.4. The predicted molar refractivity (Wildman–Crippen MR) is 133 cm³/mol. The van der Waals surface area contributed by atoms with Gasteiger partial charge >= 0.3 is 6.18 Å². The van der Waals surface area contributed by atoms with Crippen molar-refractivity contribution in [3.05, 3.63) is 102 Å². The normalized spacial score (nSPS) is 12.4. The second kappa shape index (κ2) is 11.9. The lowest BCUT2D eigenvalue weighted by Crippen LogP contribution is -2.27. The number of aromatic nitrogens is 2. The number of alkyl halides is 3. The van der Waals surface area contributed by atoms with E-state index in [0.29, 0.717) is 48.8 Å². The summed E-state index contributed by atoms with van der Waals surface area (Å²) in [4.78, 5) is 17.3. The Morgan fingerprint density at radius 1 is 1.08 bits per heavy atom. The van der Waals surface area contributed by atoms with Gasteiger partial charge < -0.3 is 19.2 Å². The zero-order valence-electron chi connectivity index (χ0n) is 20.4. The summed E-state index contributed by atoms with van der Waals surface area (Å²) >= 11 is 0. The molecular weight excluding hydrogens is 483 g/mol. The lowest BCUT2D eigenvalue weighted by Gasteiger charge is -2.19. The fraction of sp³-hybridized carbons (Fsp3) is 0.286. The molecule has 0 aliphatic carbocycles. The van der Waals surface area contributed by atoms with E-state index in [1.165, 1.54) is 6.07 Å². The molecule has 4 rings (SSSR count). The van der Waals surface area contributed by atoms with E-state index in [1.54, 1.807) is 42.1 Å². The Morgan fingerprint density at radius 3 is 2.65 bits per heavy atom. The average molecular weight is 512 g/mol. The number of carbonyl (C=O) groups is 1. The van der Waals surface area contributed by atoms with E-state index >= 15 is 0 Å². The molecule has 0 aliphatic heterocycles. The van der Waals surface area contributed by atoms with Crippen LogP contribution in [-0.2, 0) is 22.3 Å². The van der Waals surface area contributed by atoms with Crippen LogP contribution in [0.4, 0.5) is 13.2 Å². The first-order chi connectivity index (χ1) is 17.9. The van der Waals surface area contributed by atoms with Crippen molar-refractivity contribution in [2.24, 2.45) is 0 Å². The number of benzene rings is 2. The third-order valence-corrected chi connectivity index (χ3v) is 5.98. The quantitative estimate of drug-likeness (QED) is 0.266. The molecule has 0 saturated carbocycles. The van der Waals surface area contributed by atoms with Gasteiger partial charge in [-0.15, -0.1) is 0 Å². The van der Waals surface area contributed by atoms with Crippen molar-refractivity contribution >= 4 is 11.6 Å². The Labute approximate surface area is 213 Å². The minimum atomic E-state index is -4.50. The van der Waals surface area contributed by atoms with Gasteiger partial charge in [-0.1, -0.05) is 48.5 Å². The molecule has 37 heavy (non-hydrogen) atoms. The number of hydrogen-bond donors (Lipinski definition) is 1. The molecule has 2 heterocycles. The largest absolute Gasteiger partial charge is 0.485 e. The van der Waals surface area contributed by atoms with E-state index in [9.17, 15) is 18.0 Å².